The van der Waals surface area contributed by atoms with E-state index in [1.54, 1.807) is 7.11 Å². The molecule has 0 saturated heterocycles. The molecule has 2 aromatic carbocycles. The Morgan fingerprint density at radius 1 is 1.09 bits per heavy atom. The molecule has 3 nitrogen and oxygen atoms in total. The van der Waals surface area contributed by atoms with Gasteiger partial charge in [-0.15, -0.1) is 0 Å². The van der Waals surface area contributed by atoms with E-state index in [0.29, 0.717) is 13.2 Å². The lowest BCUT2D eigenvalue weighted by atomic mass is 10.1. The van der Waals surface area contributed by atoms with E-state index >= 15 is 0 Å². The topological polar surface area (TPSA) is 30.5 Å². The number of halogens is 1. The Morgan fingerprint density at radius 3 is 2.50 bits per heavy atom. The predicted octanol–water partition coefficient (Wildman–Crippen LogP) is 5.09. The normalized spacial score (nSPS) is 10.4. The van der Waals surface area contributed by atoms with E-state index < -0.39 is 0 Å². The summed E-state index contributed by atoms with van der Waals surface area (Å²) < 4.78 is 12.2. The second-order valence-electron chi connectivity index (χ2n) is 5.18. The van der Waals surface area contributed by atoms with Gasteiger partial charge in [0.1, 0.15) is 0 Å². The van der Waals surface area contributed by atoms with Crippen LogP contribution in [-0.2, 0) is 6.54 Å². The Labute approximate surface area is 140 Å². The van der Waals surface area contributed by atoms with E-state index in [1.165, 1.54) is 11.1 Å². The fourth-order valence-electron chi connectivity index (χ4n) is 2.26. The van der Waals surface area contributed by atoms with Crippen molar-refractivity contribution in [3.63, 3.8) is 0 Å². The van der Waals surface area contributed by atoms with E-state index in [9.17, 15) is 0 Å². The zero-order chi connectivity index (χ0) is 16.1. The number of ether oxygens (including phenoxy) is 2. The fourth-order valence-corrected chi connectivity index (χ4v) is 2.75. The highest BCUT2D eigenvalue weighted by Crippen LogP contribution is 2.35. The van der Waals surface area contributed by atoms with Crippen molar-refractivity contribution in [1.29, 1.82) is 0 Å². The second-order valence-corrected chi connectivity index (χ2v) is 6.10. The fraction of sp³-hybridized carbons (Fsp3) is 0.333. The predicted molar refractivity (Wildman–Crippen MR) is 95.1 cm³/mol. The smallest absolute Gasteiger partial charge is 0.166 e. The van der Waals surface area contributed by atoms with Gasteiger partial charge in [-0.05, 0) is 56.2 Å². The lowest BCUT2D eigenvalue weighted by Gasteiger charge is -2.16. The molecular formula is C18H22BrNO2. The largest absolute Gasteiger partial charge is 0.493 e. The van der Waals surface area contributed by atoms with Gasteiger partial charge in [0.05, 0.1) is 13.7 Å². The molecule has 0 bridgehead atoms. The van der Waals surface area contributed by atoms with Crippen LogP contribution in [0.2, 0.25) is 0 Å². The van der Waals surface area contributed by atoms with Gasteiger partial charge >= 0.3 is 0 Å². The summed E-state index contributed by atoms with van der Waals surface area (Å²) >= 11 is 3.52. The lowest BCUT2D eigenvalue weighted by molar-refractivity contribution is 0.308. The molecule has 0 fully saturated rings. The van der Waals surface area contributed by atoms with Gasteiger partial charge in [-0.1, -0.05) is 22.0 Å². The van der Waals surface area contributed by atoms with Gasteiger partial charge in [-0.25, -0.2) is 0 Å². The van der Waals surface area contributed by atoms with Crippen molar-refractivity contribution in [3.8, 4) is 11.5 Å². The minimum absolute atomic E-state index is 0.606. The van der Waals surface area contributed by atoms with Crippen molar-refractivity contribution >= 4 is 21.6 Å². The minimum Gasteiger partial charge on any atom is -0.493 e. The van der Waals surface area contributed by atoms with Crippen LogP contribution in [-0.4, -0.2) is 13.7 Å². The van der Waals surface area contributed by atoms with Crippen molar-refractivity contribution < 1.29 is 9.47 Å². The number of methoxy groups -OCH3 is 1. The summed E-state index contributed by atoms with van der Waals surface area (Å²) in [5.41, 5.74) is 4.74. The van der Waals surface area contributed by atoms with Crippen LogP contribution in [0.1, 0.15) is 23.6 Å². The maximum atomic E-state index is 5.76. The highest BCUT2D eigenvalue weighted by molar-refractivity contribution is 9.10. The monoisotopic (exact) mass is 363 g/mol. The first kappa shape index (κ1) is 16.7. The molecule has 0 saturated carbocycles. The molecular weight excluding hydrogens is 342 g/mol. The zero-order valence-corrected chi connectivity index (χ0v) is 15.1. The number of hydrogen-bond donors (Lipinski definition) is 1. The van der Waals surface area contributed by atoms with Crippen LogP contribution in [0.5, 0.6) is 11.5 Å². The molecule has 0 spiro atoms. The van der Waals surface area contributed by atoms with Gasteiger partial charge in [0.25, 0.3) is 0 Å². The number of hydrogen-bond acceptors (Lipinski definition) is 3. The number of benzene rings is 2. The van der Waals surface area contributed by atoms with Gasteiger partial charge in [-0.3, -0.25) is 0 Å². The van der Waals surface area contributed by atoms with Crippen LogP contribution in [0.3, 0.4) is 0 Å². The van der Waals surface area contributed by atoms with Gasteiger partial charge in [0.2, 0.25) is 0 Å². The number of anilines is 1. The molecule has 0 radical (unpaired) electrons. The summed E-state index contributed by atoms with van der Waals surface area (Å²) in [4.78, 5) is 0. The SMILES string of the molecule is CCOc1c(CNc2ccc(C)c(C)c2)cc(Br)cc1OC. The third kappa shape index (κ3) is 3.95. The van der Waals surface area contributed by atoms with Gasteiger partial charge < -0.3 is 14.8 Å². The zero-order valence-electron chi connectivity index (χ0n) is 13.5. The molecule has 4 heteroatoms. The van der Waals surface area contributed by atoms with Crippen molar-refractivity contribution in [2.24, 2.45) is 0 Å². The van der Waals surface area contributed by atoms with Crippen LogP contribution in [0.25, 0.3) is 0 Å². The van der Waals surface area contributed by atoms with Crippen LogP contribution >= 0.6 is 15.9 Å². The first-order valence-corrected chi connectivity index (χ1v) is 8.14. The average Bonchev–Trinajstić information content (AvgIpc) is 2.50. The van der Waals surface area contributed by atoms with Crippen LogP contribution < -0.4 is 14.8 Å². The van der Waals surface area contributed by atoms with Gasteiger partial charge in [-0.2, -0.15) is 0 Å². The summed E-state index contributed by atoms with van der Waals surface area (Å²) in [6.45, 7) is 7.49. The quantitative estimate of drug-likeness (QED) is 0.775. The Hall–Kier alpha value is -1.68. The molecule has 0 aliphatic heterocycles. The van der Waals surface area contributed by atoms with E-state index in [2.05, 4.69) is 59.4 Å². The first-order valence-electron chi connectivity index (χ1n) is 7.35. The van der Waals surface area contributed by atoms with E-state index in [4.69, 9.17) is 9.47 Å². The van der Waals surface area contributed by atoms with E-state index in [1.807, 2.05) is 13.0 Å². The van der Waals surface area contributed by atoms with Gasteiger partial charge in [0, 0.05) is 22.3 Å². The Kier molecular flexibility index (Phi) is 5.72. The Bertz CT molecular complexity index is 656. The molecule has 2 rings (SSSR count). The molecule has 0 aliphatic carbocycles. The second kappa shape index (κ2) is 7.54. The molecule has 0 aromatic heterocycles. The first-order chi connectivity index (χ1) is 10.5. The standard InChI is InChI=1S/C18H22BrNO2/c1-5-22-18-14(9-15(19)10-17(18)21-4)11-20-16-7-6-12(2)13(3)8-16/h6-10,20H,5,11H2,1-4H3. The highest BCUT2D eigenvalue weighted by Gasteiger charge is 2.12. The third-order valence-electron chi connectivity index (χ3n) is 3.60. The Morgan fingerprint density at radius 2 is 1.86 bits per heavy atom. The summed E-state index contributed by atoms with van der Waals surface area (Å²) in [7, 11) is 1.66. The lowest BCUT2D eigenvalue weighted by Crippen LogP contribution is -2.05. The minimum atomic E-state index is 0.606. The molecule has 0 heterocycles. The number of rotatable bonds is 6. The van der Waals surface area contributed by atoms with Gasteiger partial charge in [0.15, 0.2) is 11.5 Å². The van der Waals surface area contributed by atoms with Crippen LogP contribution in [0.4, 0.5) is 5.69 Å². The molecule has 0 amide bonds. The molecule has 0 atom stereocenters. The molecule has 22 heavy (non-hydrogen) atoms. The summed E-state index contributed by atoms with van der Waals surface area (Å²) in [5.74, 6) is 1.54. The Balaban J connectivity index is 2.24. The van der Waals surface area contributed by atoms with Crippen LogP contribution in [0.15, 0.2) is 34.8 Å². The van der Waals surface area contributed by atoms with Crippen molar-refractivity contribution in [2.45, 2.75) is 27.3 Å². The average molecular weight is 364 g/mol. The molecule has 118 valence electrons. The highest BCUT2D eigenvalue weighted by atomic mass is 79.9. The molecule has 0 unspecified atom stereocenters. The van der Waals surface area contributed by atoms with Crippen molar-refractivity contribution in [3.05, 3.63) is 51.5 Å². The summed E-state index contributed by atoms with van der Waals surface area (Å²) in [5, 5.41) is 3.45. The third-order valence-corrected chi connectivity index (χ3v) is 4.05. The summed E-state index contributed by atoms with van der Waals surface area (Å²) in [6.07, 6.45) is 0. The number of aryl methyl sites for hydroxylation is 2. The summed E-state index contributed by atoms with van der Waals surface area (Å²) in [6, 6.07) is 10.4. The van der Waals surface area contributed by atoms with Crippen molar-refractivity contribution in [1.82, 2.24) is 0 Å². The number of nitrogens with one attached hydrogen (secondary N) is 1. The molecule has 2 aromatic rings. The molecule has 1 N–H and O–H groups in total. The maximum absolute atomic E-state index is 5.76. The maximum Gasteiger partial charge on any atom is 0.166 e. The molecule has 0 aliphatic rings. The van der Waals surface area contributed by atoms with Crippen molar-refractivity contribution in [2.75, 3.05) is 19.0 Å². The van der Waals surface area contributed by atoms with E-state index in [-0.39, 0.29) is 0 Å². The van der Waals surface area contributed by atoms with Crippen LogP contribution in [0, 0.1) is 13.8 Å². The van der Waals surface area contributed by atoms with E-state index in [0.717, 1.165) is 27.2 Å².